The summed E-state index contributed by atoms with van der Waals surface area (Å²) in [6.07, 6.45) is 4.90. The smallest absolute Gasteiger partial charge is 0.387 e. The molecule has 0 radical (unpaired) electrons. The Morgan fingerprint density at radius 1 is 1.20 bits per heavy atom. The van der Waals surface area contributed by atoms with Gasteiger partial charge < -0.3 is 10.1 Å². The summed E-state index contributed by atoms with van der Waals surface area (Å²) in [6, 6.07) is 7.28. The molecule has 2 unspecified atom stereocenters. The second kappa shape index (κ2) is 6.91. The largest absolute Gasteiger partial charge is 0.435 e. The Morgan fingerprint density at radius 2 is 1.95 bits per heavy atom. The Balaban J connectivity index is 2.04. The number of ether oxygens (including phenoxy) is 1. The number of rotatable bonds is 5. The predicted molar refractivity (Wildman–Crippen MR) is 77.3 cm³/mol. The van der Waals surface area contributed by atoms with Crippen molar-refractivity contribution < 1.29 is 13.5 Å². The summed E-state index contributed by atoms with van der Waals surface area (Å²) in [5, 5.41) is 3.50. The van der Waals surface area contributed by atoms with Gasteiger partial charge >= 0.3 is 6.61 Å². The zero-order valence-electron chi connectivity index (χ0n) is 12.1. The van der Waals surface area contributed by atoms with Crippen molar-refractivity contribution in [1.82, 2.24) is 0 Å². The molecule has 0 saturated heterocycles. The quantitative estimate of drug-likeness (QED) is 0.828. The Labute approximate surface area is 119 Å². The number of benzene rings is 1. The molecular weight excluding hydrogens is 260 g/mol. The summed E-state index contributed by atoms with van der Waals surface area (Å²) >= 11 is 0. The molecule has 4 heteroatoms. The summed E-state index contributed by atoms with van der Waals surface area (Å²) in [4.78, 5) is 0. The normalized spacial score (nSPS) is 23.1. The summed E-state index contributed by atoms with van der Waals surface area (Å²) in [5.41, 5.74) is 0.862. The van der Waals surface area contributed by atoms with Crippen molar-refractivity contribution in [2.45, 2.75) is 52.2 Å². The van der Waals surface area contributed by atoms with Crippen LogP contribution < -0.4 is 10.1 Å². The Bertz CT molecular complexity index is 423. The Kier molecular flexibility index (Phi) is 5.21. The van der Waals surface area contributed by atoms with Crippen LogP contribution in [0.25, 0.3) is 0 Å². The van der Waals surface area contributed by atoms with Crippen LogP contribution in [-0.4, -0.2) is 12.7 Å². The SMILES string of the molecule is CC(C)C1CCCCC1Nc1cccc(OC(F)F)c1. The third kappa shape index (κ3) is 4.09. The minimum absolute atomic E-state index is 0.210. The molecule has 1 aliphatic carbocycles. The first-order valence-electron chi connectivity index (χ1n) is 7.37. The van der Waals surface area contributed by atoms with Gasteiger partial charge in [0.25, 0.3) is 0 Å². The average Bonchev–Trinajstić information content (AvgIpc) is 2.38. The molecule has 2 rings (SSSR count). The fraction of sp³-hybridized carbons (Fsp3) is 0.625. The van der Waals surface area contributed by atoms with Crippen LogP contribution >= 0.6 is 0 Å². The zero-order chi connectivity index (χ0) is 14.5. The molecule has 20 heavy (non-hydrogen) atoms. The number of anilines is 1. The molecule has 2 nitrogen and oxygen atoms in total. The maximum atomic E-state index is 12.2. The second-order valence-corrected chi connectivity index (χ2v) is 5.85. The molecule has 0 amide bonds. The highest BCUT2D eigenvalue weighted by Gasteiger charge is 2.27. The molecule has 0 aliphatic heterocycles. The van der Waals surface area contributed by atoms with E-state index in [-0.39, 0.29) is 5.75 Å². The summed E-state index contributed by atoms with van der Waals surface area (Å²) in [6.45, 7) is 1.73. The minimum atomic E-state index is -2.77. The van der Waals surface area contributed by atoms with Gasteiger partial charge in [-0.25, -0.2) is 0 Å². The molecule has 112 valence electrons. The van der Waals surface area contributed by atoms with Gasteiger partial charge in [0.05, 0.1) is 0 Å². The van der Waals surface area contributed by atoms with Crippen LogP contribution in [0.5, 0.6) is 5.75 Å². The number of nitrogens with one attached hydrogen (secondary N) is 1. The molecule has 0 bridgehead atoms. The number of alkyl halides is 2. The average molecular weight is 283 g/mol. The van der Waals surface area contributed by atoms with Gasteiger partial charge in [-0.15, -0.1) is 0 Å². The van der Waals surface area contributed by atoms with Crippen LogP contribution in [0.2, 0.25) is 0 Å². The van der Waals surface area contributed by atoms with Gasteiger partial charge in [0, 0.05) is 17.8 Å². The van der Waals surface area contributed by atoms with E-state index in [1.54, 1.807) is 18.2 Å². The first-order chi connectivity index (χ1) is 9.56. The number of hydrogen-bond donors (Lipinski definition) is 1. The standard InChI is InChI=1S/C16H23F2NO/c1-11(2)14-8-3-4-9-15(14)19-12-6-5-7-13(10-12)20-16(17)18/h5-7,10-11,14-16,19H,3-4,8-9H2,1-2H3. The fourth-order valence-electron chi connectivity index (χ4n) is 3.11. The summed E-state index contributed by atoms with van der Waals surface area (Å²) < 4.78 is 28.9. The van der Waals surface area contributed by atoms with Gasteiger partial charge in [-0.05, 0) is 36.8 Å². The highest BCUT2D eigenvalue weighted by molar-refractivity contribution is 5.49. The minimum Gasteiger partial charge on any atom is -0.435 e. The van der Waals surface area contributed by atoms with Crippen LogP contribution in [0.15, 0.2) is 24.3 Å². The number of hydrogen-bond acceptors (Lipinski definition) is 2. The van der Waals surface area contributed by atoms with E-state index in [4.69, 9.17) is 0 Å². The number of halogens is 2. The van der Waals surface area contributed by atoms with Gasteiger partial charge in [-0.2, -0.15) is 8.78 Å². The topological polar surface area (TPSA) is 21.3 Å². The molecule has 1 aromatic rings. The van der Waals surface area contributed by atoms with E-state index >= 15 is 0 Å². The third-order valence-corrected chi connectivity index (χ3v) is 4.09. The third-order valence-electron chi connectivity index (χ3n) is 4.09. The van der Waals surface area contributed by atoms with Gasteiger partial charge in [0.2, 0.25) is 0 Å². The van der Waals surface area contributed by atoms with E-state index in [1.165, 1.54) is 19.3 Å². The van der Waals surface area contributed by atoms with E-state index in [1.807, 2.05) is 6.07 Å². The van der Waals surface area contributed by atoms with E-state index in [2.05, 4.69) is 23.9 Å². The fourth-order valence-corrected chi connectivity index (χ4v) is 3.11. The van der Waals surface area contributed by atoms with Gasteiger partial charge in [-0.3, -0.25) is 0 Å². The van der Waals surface area contributed by atoms with Gasteiger partial charge in [-0.1, -0.05) is 32.8 Å². The van der Waals surface area contributed by atoms with Crippen LogP contribution in [0.4, 0.5) is 14.5 Å². The molecule has 0 aromatic heterocycles. The maximum absolute atomic E-state index is 12.2. The maximum Gasteiger partial charge on any atom is 0.387 e. The molecule has 1 saturated carbocycles. The molecule has 0 heterocycles. The van der Waals surface area contributed by atoms with Crippen molar-refractivity contribution in [3.05, 3.63) is 24.3 Å². The van der Waals surface area contributed by atoms with Gasteiger partial charge in [0.15, 0.2) is 0 Å². The van der Waals surface area contributed by atoms with Crippen molar-refractivity contribution in [2.24, 2.45) is 11.8 Å². The Morgan fingerprint density at radius 3 is 2.65 bits per heavy atom. The van der Waals surface area contributed by atoms with Crippen molar-refractivity contribution >= 4 is 5.69 Å². The zero-order valence-corrected chi connectivity index (χ0v) is 12.1. The van der Waals surface area contributed by atoms with Crippen molar-refractivity contribution in [3.63, 3.8) is 0 Å². The Hall–Kier alpha value is -1.32. The van der Waals surface area contributed by atoms with Crippen molar-refractivity contribution in [3.8, 4) is 5.75 Å². The van der Waals surface area contributed by atoms with E-state index < -0.39 is 6.61 Å². The van der Waals surface area contributed by atoms with E-state index in [0.717, 1.165) is 12.1 Å². The van der Waals surface area contributed by atoms with Crippen LogP contribution in [-0.2, 0) is 0 Å². The molecule has 1 N–H and O–H groups in total. The van der Waals surface area contributed by atoms with E-state index in [0.29, 0.717) is 17.9 Å². The highest BCUT2D eigenvalue weighted by Crippen LogP contribution is 2.32. The summed E-state index contributed by atoms with van der Waals surface area (Å²) in [7, 11) is 0. The molecule has 1 fully saturated rings. The van der Waals surface area contributed by atoms with Crippen molar-refractivity contribution in [1.29, 1.82) is 0 Å². The van der Waals surface area contributed by atoms with Crippen LogP contribution in [0, 0.1) is 11.8 Å². The molecule has 2 atom stereocenters. The molecular formula is C16H23F2NO. The highest BCUT2D eigenvalue weighted by atomic mass is 19.3. The molecule has 0 spiro atoms. The lowest BCUT2D eigenvalue weighted by Gasteiger charge is -2.35. The monoisotopic (exact) mass is 283 g/mol. The van der Waals surface area contributed by atoms with E-state index in [9.17, 15) is 8.78 Å². The second-order valence-electron chi connectivity index (χ2n) is 5.85. The van der Waals surface area contributed by atoms with Crippen molar-refractivity contribution in [2.75, 3.05) is 5.32 Å². The van der Waals surface area contributed by atoms with Crippen LogP contribution in [0.1, 0.15) is 39.5 Å². The first-order valence-corrected chi connectivity index (χ1v) is 7.37. The lowest BCUT2D eigenvalue weighted by Crippen LogP contribution is -2.35. The molecule has 1 aromatic carbocycles. The van der Waals surface area contributed by atoms with Gasteiger partial charge in [0.1, 0.15) is 5.75 Å². The lowest BCUT2D eigenvalue weighted by molar-refractivity contribution is -0.0498. The lowest BCUT2D eigenvalue weighted by atomic mass is 9.78. The first kappa shape index (κ1) is 15.1. The van der Waals surface area contributed by atoms with Crippen LogP contribution in [0.3, 0.4) is 0 Å². The predicted octanol–water partition coefficient (Wildman–Crippen LogP) is 4.91. The summed E-state index contributed by atoms with van der Waals surface area (Å²) in [5.74, 6) is 1.48. The molecule has 1 aliphatic rings.